The van der Waals surface area contributed by atoms with Crippen LogP contribution in [0.2, 0.25) is 0 Å². The Labute approximate surface area is 184 Å². The number of aromatic nitrogens is 1. The molecule has 1 aromatic heterocycles. The number of halogens is 1. The van der Waals surface area contributed by atoms with Crippen molar-refractivity contribution in [3.8, 4) is 17.4 Å². The van der Waals surface area contributed by atoms with Crippen LogP contribution in [-0.2, 0) is 16.1 Å². The largest absolute Gasteiger partial charge is 0.479 e. The van der Waals surface area contributed by atoms with Crippen LogP contribution < -0.4 is 19.7 Å². The van der Waals surface area contributed by atoms with Crippen LogP contribution in [0.1, 0.15) is 18.9 Å². The highest BCUT2D eigenvalue weighted by Crippen LogP contribution is 2.33. The standard InChI is InChI=1S/C24H22FN3O4/c1-16-24(30)28(20-7-2-3-8-21(20)31-16)12-11-22(29)26-14-17-9-10-23(27-15-17)32-19-6-4-5-18(25)13-19/h2-10,13,15-16H,11-12,14H2,1H3,(H,26,29). The van der Waals surface area contributed by atoms with Crippen molar-refractivity contribution in [3.05, 3.63) is 78.2 Å². The third-order valence-electron chi connectivity index (χ3n) is 4.94. The van der Waals surface area contributed by atoms with Crippen LogP contribution in [-0.4, -0.2) is 29.4 Å². The first kappa shape index (κ1) is 21.3. The van der Waals surface area contributed by atoms with Gasteiger partial charge in [-0.05, 0) is 36.8 Å². The smallest absolute Gasteiger partial charge is 0.267 e. The van der Waals surface area contributed by atoms with E-state index in [1.807, 2.05) is 12.1 Å². The van der Waals surface area contributed by atoms with Crippen LogP contribution in [0, 0.1) is 5.82 Å². The summed E-state index contributed by atoms with van der Waals surface area (Å²) in [4.78, 5) is 30.6. The lowest BCUT2D eigenvalue weighted by atomic mass is 10.1. The lowest BCUT2D eigenvalue weighted by Gasteiger charge is -2.32. The normalized spacial score (nSPS) is 15.0. The maximum absolute atomic E-state index is 13.2. The molecule has 0 saturated carbocycles. The van der Waals surface area contributed by atoms with Crippen LogP contribution in [0.25, 0.3) is 0 Å². The highest BCUT2D eigenvalue weighted by atomic mass is 19.1. The molecule has 0 fully saturated rings. The van der Waals surface area contributed by atoms with Gasteiger partial charge in [-0.15, -0.1) is 0 Å². The fraction of sp³-hybridized carbons (Fsp3) is 0.208. The van der Waals surface area contributed by atoms with Gasteiger partial charge in [0.05, 0.1) is 5.69 Å². The molecule has 1 aliphatic heterocycles. The predicted molar refractivity (Wildman–Crippen MR) is 116 cm³/mol. The summed E-state index contributed by atoms with van der Waals surface area (Å²) in [6.45, 7) is 2.24. The number of nitrogens with one attached hydrogen (secondary N) is 1. The highest BCUT2D eigenvalue weighted by molar-refractivity contribution is 6.00. The average molecular weight is 435 g/mol. The molecule has 8 heteroatoms. The molecule has 0 saturated heterocycles. The van der Waals surface area contributed by atoms with Crippen molar-refractivity contribution in [2.45, 2.75) is 26.0 Å². The third kappa shape index (κ3) is 5.03. The van der Waals surface area contributed by atoms with Crippen LogP contribution in [0.3, 0.4) is 0 Å². The van der Waals surface area contributed by atoms with Gasteiger partial charge in [0.15, 0.2) is 6.10 Å². The minimum absolute atomic E-state index is 0.154. The summed E-state index contributed by atoms with van der Waals surface area (Å²) in [7, 11) is 0. The Morgan fingerprint density at radius 1 is 1.19 bits per heavy atom. The summed E-state index contributed by atoms with van der Waals surface area (Å²) in [6.07, 6.45) is 1.14. The van der Waals surface area contributed by atoms with E-state index in [0.717, 1.165) is 5.56 Å². The third-order valence-corrected chi connectivity index (χ3v) is 4.94. The van der Waals surface area contributed by atoms with E-state index in [2.05, 4.69) is 10.3 Å². The van der Waals surface area contributed by atoms with Crippen LogP contribution in [0.5, 0.6) is 17.4 Å². The molecule has 3 aromatic rings. The summed E-state index contributed by atoms with van der Waals surface area (Å²) in [5, 5.41) is 2.83. The molecule has 32 heavy (non-hydrogen) atoms. The molecule has 2 heterocycles. The van der Waals surface area contributed by atoms with Crippen LogP contribution >= 0.6 is 0 Å². The zero-order valence-corrected chi connectivity index (χ0v) is 17.5. The van der Waals surface area contributed by atoms with Gasteiger partial charge in [-0.1, -0.05) is 24.3 Å². The molecule has 1 atom stereocenters. The van der Waals surface area contributed by atoms with Crippen molar-refractivity contribution in [1.82, 2.24) is 10.3 Å². The monoisotopic (exact) mass is 435 g/mol. The van der Waals surface area contributed by atoms with E-state index < -0.39 is 11.9 Å². The molecule has 0 radical (unpaired) electrons. The predicted octanol–water partition coefficient (Wildman–Crippen LogP) is 3.83. The van der Waals surface area contributed by atoms with Gasteiger partial charge in [-0.3, -0.25) is 9.59 Å². The number of nitrogens with zero attached hydrogens (tertiary/aromatic N) is 2. The van der Waals surface area contributed by atoms with Crippen molar-refractivity contribution in [2.75, 3.05) is 11.4 Å². The minimum Gasteiger partial charge on any atom is -0.479 e. The number of ether oxygens (including phenoxy) is 2. The van der Waals surface area contributed by atoms with Gasteiger partial charge >= 0.3 is 0 Å². The lowest BCUT2D eigenvalue weighted by Crippen LogP contribution is -2.45. The highest BCUT2D eigenvalue weighted by Gasteiger charge is 2.31. The Morgan fingerprint density at radius 3 is 2.81 bits per heavy atom. The quantitative estimate of drug-likeness (QED) is 0.610. The van der Waals surface area contributed by atoms with Crippen molar-refractivity contribution < 1.29 is 23.5 Å². The number of amides is 2. The first-order valence-electron chi connectivity index (χ1n) is 10.2. The molecule has 0 spiro atoms. The van der Waals surface area contributed by atoms with Gasteiger partial charge in [0.1, 0.15) is 17.3 Å². The van der Waals surface area contributed by atoms with Crippen molar-refractivity contribution in [1.29, 1.82) is 0 Å². The van der Waals surface area contributed by atoms with Gasteiger partial charge in [0.2, 0.25) is 11.8 Å². The number of para-hydroxylation sites is 2. The van der Waals surface area contributed by atoms with E-state index in [-0.39, 0.29) is 31.3 Å². The van der Waals surface area contributed by atoms with Crippen molar-refractivity contribution in [3.63, 3.8) is 0 Å². The molecule has 164 valence electrons. The van der Waals surface area contributed by atoms with E-state index >= 15 is 0 Å². The van der Waals surface area contributed by atoms with Crippen LogP contribution in [0.4, 0.5) is 10.1 Å². The van der Waals surface area contributed by atoms with Gasteiger partial charge in [-0.25, -0.2) is 9.37 Å². The van der Waals surface area contributed by atoms with E-state index in [1.165, 1.54) is 12.1 Å². The number of carbonyl (C=O) groups is 2. The van der Waals surface area contributed by atoms with Gasteiger partial charge < -0.3 is 19.7 Å². The van der Waals surface area contributed by atoms with E-state index in [4.69, 9.17) is 9.47 Å². The molecule has 1 aliphatic rings. The number of fused-ring (bicyclic) bond motifs is 1. The van der Waals surface area contributed by atoms with Gasteiger partial charge in [-0.2, -0.15) is 0 Å². The summed E-state index contributed by atoms with van der Waals surface area (Å²) >= 11 is 0. The lowest BCUT2D eigenvalue weighted by molar-refractivity contribution is -0.125. The zero-order valence-electron chi connectivity index (χ0n) is 17.5. The number of hydrogen-bond donors (Lipinski definition) is 1. The Hall–Kier alpha value is -3.94. The molecule has 7 nitrogen and oxygen atoms in total. The Kier molecular flexibility index (Phi) is 6.30. The molecule has 0 aliphatic carbocycles. The topological polar surface area (TPSA) is 80.8 Å². The second kappa shape index (κ2) is 9.47. The molecule has 2 aromatic carbocycles. The summed E-state index contributed by atoms with van der Waals surface area (Å²) in [5.41, 5.74) is 1.45. The van der Waals surface area contributed by atoms with Crippen LogP contribution in [0.15, 0.2) is 66.9 Å². The van der Waals surface area contributed by atoms with Gasteiger partial charge in [0, 0.05) is 37.8 Å². The SMILES string of the molecule is CC1Oc2ccccc2N(CCC(=O)NCc2ccc(Oc3cccc(F)c3)nc2)C1=O. The summed E-state index contributed by atoms with van der Waals surface area (Å²) < 4.78 is 24.4. The summed E-state index contributed by atoms with van der Waals surface area (Å²) in [5.74, 6) is 0.561. The molecule has 1 unspecified atom stereocenters. The Balaban J connectivity index is 1.28. The maximum atomic E-state index is 13.2. The number of carbonyl (C=O) groups excluding carboxylic acids is 2. The average Bonchev–Trinajstić information content (AvgIpc) is 2.79. The number of benzene rings is 2. The van der Waals surface area contributed by atoms with E-state index in [0.29, 0.717) is 23.1 Å². The number of pyridine rings is 1. The molecule has 4 rings (SSSR count). The van der Waals surface area contributed by atoms with Crippen molar-refractivity contribution in [2.24, 2.45) is 0 Å². The zero-order chi connectivity index (χ0) is 22.5. The minimum atomic E-state index is -0.591. The molecule has 0 bridgehead atoms. The molecular weight excluding hydrogens is 413 g/mol. The first-order chi connectivity index (χ1) is 15.5. The fourth-order valence-corrected chi connectivity index (χ4v) is 3.32. The fourth-order valence-electron chi connectivity index (χ4n) is 3.32. The van der Waals surface area contributed by atoms with E-state index in [1.54, 1.807) is 54.4 Å². The van der Waals surface area contributed by atoms with Gasteiger partial charge in [0.25, 0.3) is 5.91 Å². The second-order valence-corrected chi connectivity index (χ2v) is 7.31. The maximum Gasteiger partial charge on any atom is 0.267 e. The molecular formula is C24H22FN3O4. The number of hydrogen-bond acceptors (Lipinski definition) is 5. The summed E-state index contributed by atoms with van der Waals surface area (Å²) in [6, 6.07) is 16.5. The Morgan fingerprint density at radius 2 is 2.03 bits per heavy atom. The van der Waals surface area contributed by atoms with Crippen molar-refractivity contribution >= 4 is 17.5 Å². The second-order valence-electron chi connectivity index (χ2n) is 7.31. The number of anilines is 1. The number of rotatable bonds is 7. The molecule has 1 N–H and O–H groups in total. The first-order valence-corrected chi connectivity index (χ1v) is 10.2. The Bertz CT molecular complexity index is 1120. The van der Waals surface area contributed by atoms with E-state index in [9.17, 15) is 14.0 Å². The molecule has 2 amide bonds.